The van der Waals surface area contributed by atoms with Gasteiger partial charge in [-0.3, -0.25) is 14.5 Å². The van der Waals surface area contributed by atoms with Gasteiger partial charge >= 0.3 is 5.91 Å². The zero-order valence-electron chi connectivity index (χ0n) is 18.8. The number of hydrogen-bond donors (Lipinski definition) is 3. The van der Waals surface area contributed by atoms with E-state index in [1.807, 2.05) is 10.6 Å². The lowest BCUT2D eigenvalue weighted by Gasteiger charge is -2.30. The van der Waals surface area contributed by atoms with Crippen LogP contribution in [0.4, 0.5) is 0 Å². The number of imidazole rings is 1. The fourth-order valence-corrected chi connectivity index (χ4v) is 4.63. The maximum Gasteiger partial charge on any atom is 0.307 e. The summed E-state index contributed by atoms with van der Waals surface area (Å²) in [5.74, 6) is 0.163. The number of aromatic nitrogens is 3. The minimum atomic E-state index is -0.666. The Labute approximate surface area is 197 Å². The highest BCUT2D eigenvalue weighted by Gasteiger charge is 2.25. The summed E-state index contributed by atoms with van der Waals surface area (Å²) < 4.78 is 6.92. The number of aliphatic hydroxyl groups is 1. The second kappa shape index (κ2) is 9.78. The molecule has 10 nitrogen and oxygen atoms in total. The van der Waals surface area contributed by atoms with Crippen LogP contribution in [0, 0.1) is 0 Å². The van der Waals surface area contributed by atoms with Crippen LogP contribution in [0.3, 0.4) is 0 Å². The Kier molecular flexibility index (Phi) is 6.41. The summed E-state index contributed by atoms with van der Waals surface area (Å²) in [6, 6.07) is 8.27. The van der Waals surface area contributed by atoms with Gasteiger partial charge < -0.3 is 24.7 Å². The van der Waals surface area contributed by atoms with Crippen molar-refractivity contribution < 1.29 is 19.1 Å². The molecule has 34 heavy (non-hydrogen) atoms. The van der Waals surface area contributed by atoms with E-state index >= 15 is 0 Å². The highest BCUT2D eigenvalue weighted by atomic mass is 16.3. The van der Waals surface area contributed by atoms with Crippen molar-refractivity contribution in [1.82, 2.24) is 30.1 Å². The lowest BCUT2D eigenvalue weighted by Crippen LogP contribution is -2.42. The molecule has 0 radical (unpaired) electrons. The second-order valence-corrected chi connectivity index (χ2v) is 8.86. The fraction of sp³-hybridized carbons (Fsp3) is 0.417. The molecule has 2 amide bonds. The van der Waals surface area contributed by atoms with E-state index in [1.54, 1.807) is 6.20 Å². The van der Waals surface area contributed by atoms with Gasteiger partial charge in [-0.15, -0.1) is 0 Å². The molecular formula is C24H28N6O4. The number of β-amino-alcohol motifs (C(OH)–C–C–N with tert-alkyl or cyclic N) is 1. The molecule has 2 aliphatic rings. The molecule has 0 spiro atoms. The number of nitrogens with one attached hydrogen (secondary N) is 2. The summed E-state index contributed by atoms with van der Waals surface area (Å²) in [6.07, 6.45) is 6.14. The van der Waals surface area contributed by atoms with Crippen LogP contribution in [0.15, 0.2) is 47.3 Å². The molecule has 10 heteroatoms. The summed E-state index contributed by atoms with van der Waals surface area (Å²) in [5, 5.41) is 16.2. The van der Waals surface area contributed by atoms with Gasteiger partial charge in [-0.25, -0.2) is 9.97 Å². The molecule has 5 rings (SSSR count). The van der Waals surface area contributed by atoms with Crippen molar-refractivity contribution in [2.24, 2.45) is 0 Å². The molecule has 0 fully saturated rings. The number of benzene rings is 1. The number of oxazole rings is 1. The predicted octanol–water partition coefficient (Wildman–Crippen LogP) is 0.765. The molecule has 0 saturated carbocycles. The molecule has 2 aromatic heterocycles. The van der Waals surface area contributed by atoms with Crippen molar-refractivity contribution in [2.75, 3.05) is 19.6 Å². The molecule has 1 aromatic carbocycles. The predicted molar refractivity (Wildman–Crippen MR) is 122 cm³/mol. The maximum atomic E-state index is 12.6. The Balaban J connectivity index is 1.10. The maximum absolute atomic E-state index is 12.6. The normalized spacial score (nSPS) is 18.6. The molecule has 4 heterocycles. The Hall–Kier alpha value is -3.50. The monoisotopic (exact) mass is 464 g/mol. The molecule has 2 atom stereocenters. The molecule has 2 aliphatic heterocycles. The summed E-state index contributed by atoms with van der Waals surface area (Å²) in [4.78, 5) is 35.3. The number of carbonyl (C=O) groups is 2. The second-order valence-electron chi connectivity index (χ2n) is 8.86. The van der Waals surface area contributed by atoms with Crippen molar-refractivity contribution in [3.05, 3.63) is 71.5 Å². The van der Waals surface area contributed by atoms with E-state index in [2.05, 4.69) is 43.7 Å². The van der Waals surface area contributed by atoms with Crippen LogP contribution in [0.1, 0.15) is 44.5 Å². The average molecular weight is 465 g/mol. The van der Waals surface area contributed by atoms with Crippen LogP contribution in [-0.2, 0) is 25.9 Å². The van der Waals surface area contributed by atoms with E-state index in [4.69, 9.17) is 4.42 Å². The molecule has 178 valence electrons. The van der Waals surface area contributed by atoms with Crippen LogP contribution < -0.4 is 10.6 Å². The lowest BCUT2D eigenvalue weighted by molar-refractivity contribution is 0.0838. The van der Waals surface area contributed by atoms with Gasteiger partial charge in [0.1, 0.15) is 17.8 Å². The molecule has 1 unspecified atom stereocenters. The Morgan fingerprint density at radius 2 is 2.06 bits per heavy atom. The number of nitrogens with zero attached hydrogens (tertiary/aromatic N) is 4. The zero-order chi connectivity index (χ0) is 23.5. The number of fused-ring (bicyclic) bond motifs is 2. The van der Waals surface area contributed by atoms with Gasteiger partial charge in [0.05, 0.1) is 12.3 Å². The Morgan fingerprint density at radius 1 is 1.21 bits per heavy atom. The third kappa shape index (κ3) is 5.02. The van der Waals surface area contributed by atoms with E-state index < -0.39 is 6.10 Å². The van der Waals surface area contributed by atoms with Crippen LogP contribution in [0.5, 0.6) is 0 Å². The van der Waals surface area contributed by atoms with Crippen molar-refractivity contribution in [3.63, 3.8) is 0 Å². The Bertz CT molecular complexity index is 1160. The van der Waals surface area contributed by atoms with Crippen LogP contribution in [0.2, 0.25) is 0 Å². The minimum Gasteiger partial charge on any atom is -0.441 e. The smallest absolute Gasteiger partial charge is 0.307 e. The molecule has 0 aliphatic carbocycles. The molecule has 3 aromatic rings. The lowest BCUT2D eigenvalue weighted by atomic mass is 10.00. The van der Waals surface area contributed by atoms with Gasteiger partial charge in [0.2, 0.25) is 0 Å². The van der Waals surface area contributed by atoms with Crippen LogP contribution in [0.25, 0.3) is 0 Å². The van der Waals surface area contributed by atoms with Crippen LogP contribution >= 0.6 is 0 Å². The van der Waals surface area contributed by atoms with E-state index in [0.717, 1.165) is 25.3 Å². The highest BCUT2D eigenvalue weighted by molar-refractivity contribution is 5.92. The Morgan fingerprint density at radius 3 is 2.88 bits per heavy atom. The quantitative estimate of drug-likeness (QED) is 0.471. The first kappa shape index (κ1) is 22.3. The van der Waals surface area contributed by atoms with Gasteiger partial charge in [-0.05, 0) is 24.0 Å². The van der Waals surface area contributed by atoms with E-state index in [1.165, 1.54) is 23.6 Å². The molecule has 3 N–H and O–H groups in total. The van der Waals surface area contributed by atoms with Crippen LogP contribution in [-0.4, -0.2) is 68.1 Å². The number of rotatable bonds is 7. The highest BCUT2D eigenvalue weighted by Crippen LogP contribution is 2.19. The molecule has 0 saturated heterocycles. The number of aliphatic hydroxyl groups excluding tert-OH is 1. The number of carbonyl (C=O) groups excluding carboxylic acids is 2. The third-order valence-electron chi connectivity index (χ3n) is 6.36. The van der Waals surface area contributed by atoms with Crippen molar-refractivity contribution >= 4 is 11.8 Å². The topological polar surface area (TPSA) is 126 Å². The molecule has 0 bridgehead atoms. The summed E-state index contributed by atoms with van der Waals surface area (Å²) in [5.41, 5.74) is 2.97. The van der Waals surface area contributed by atoms with E-state index in [-0.39, 0.29) is 30.3 Å². The first-order valence-corrected chi connectivity index (χ1v) is 11.6. The van der Waals surface area contributed by atoms with Gasteiger partial charge in [-0.1, -0.05) is 24.3 Å². The standard InChI is InChI=1S/C24H28N6O4/c31-19(14-29-9-7-16-3-1-2-4-17(16)12-29)11-26-22(32)20-15-30-13-18(5-6-21(30)28-20)27-23(33)24-25-8-10-34-24/h1-4,8,10,15,18-19,31H,5-7,9,11-14H2,(H,26,32)(H,27,33)/t18?,19-/m0/s1. The van der Waals surface area contributed by atoms with Crippen molar-refractivity contribution in [2.45, 2.75) is 44.5 Å². The van der Waals surface area contributed by atoms with E-state index in [9.17, 15) is 14.7 Å². The molecular weight excluding hydrogens is 436 g/mol. The largest absolute Gasteiger partial charge is 0.441 e. The third-order valence-corrected chi connectivity index (χ3v) is 6.36. The number of aryl methyl sites for hydroxylation is 1. The number of hydrogen-bond acceptors (Lipinski definition) is 7. The van der Waals surface area contributed by atoms with Crippen molar-refractivity contribution in [3.8, 4) is 0 Å². The fourth-order valence-electron chi connectivity index (χ4n) is 4.63. The van der Waals surface area contributed by atoms with Gasteiger partial charge in [0, 0.05) is 51.4 Å². The summed E-state index contributed by atoms with van der Waals surface area (Å²) in [7, 11) is 0. The van der Waals surface area contributed by atoms with Gasteiger partial charge in [0.15, 0.2) is 0 Å². The first-order chi connectivity index (χ1) is 16.5. The number of amides is 2. The summed E-state index contributed by atoms with van der Waals surface area (Å²) >= 11 is 0. The van der Waals surface area contributed by atoms with Gasteiger partial charge in [-0.2, -0.15) is 0 Å². The zero-order valence-corrected chi connectivity index (χ0v) is 18.8. The first-order valence-electron chi connectivity index (χ1n) is 11.6. The minimum absolute atomic E-state index is 0.0313. The summed E-state index contributed by atoms with van der Waals surface area (Å²) in [6.45, 7) is 2.88. The average Bonchev–Trinajstić information content (AvgIpc) is 3.52. The van der Waals surface area contributed by atoms with Crippen molar-refractivity contribution in [1.29, 1.82) is 0 Å². The SMILES string of the molecule is O=C(NC[C@H](O)CN1CCc2ccccc2C1)c1cn2c(n1)CCC(NC(=O)c1ncco1)C2. The van der Waals surface area contributed by atoms with E-state index in [0.29, 0.717) is 31.6 Å². The van der Waals surface area contributed by atoms with Gasteiger partial charge in [0.25, 0.3) is 11.8 Å².